The lowest BCUT2D eigenvalue weighted by molar-refractivity contribution is -0.117. The molecule has 0 fully saturated rings. The number of rotatable bonds is 8. The summed E-state index contributed by atoms with van der Waals surface area (Å²) in [6.07, 6.45) is 0. The first-order chi connectivity index (χ1) is 7.11. The molecular formula is C10H20N2O3. The van der Waals surface area contributed by atoms with Crippen LogP contribution in [-0.4, -0.2) is 60.4 Å². The maximum atomic E-state index is 11.1. The summed E-state index contributed by atoms with van der Waals surface area (Å²) in [6.45, 7) is 7.38. The van der Waals surface area contributed by atoms with Gasteiger partial charge >= 0.3 is 0 Å². The van der Waals surface area contributed by atoms with Gasteiger partial charge in [0, 0.05) is 31.8 Å². The molecule has 0 spiro atoms. The van der Waals surface area contributed by atoms with Gasteiger partial charge in [0.25, 0.3) is 0 Å². The maximum absolute atomic E-state index is 11.1. The predicted octanol–water partition coefficient (Wildman–Crippen LogP) is -1.03. The van der Waals surface area contributed by atoms with Crippen LogP contribution in [0, 0.1) is 0 Å². The molecule has 0 aromatic rings. The molecule has 0 radical (unpaired) electrons. The van der Waals surface area contributed by atoms with E-state index in [4.69, 9.17) is 10.2 Å². The number of carbonyl (C=O) groups excluding carboxylic acids is 1. The van der Waals surface area contributed by atoms with Crippen LogP contribution in [0.5, 0.6) is 0 Å². The molecule has 0 aliphatic carbocycles. The fourth-order valence-electron chi connectivity index (χ4n) is 1.10. The van der Waals surface area contributed by atoms with E-state index in [0.717, 1.165) is 0 Å². The topological polar surface area (TPSA) is 72.8 Å². The fraction of sp³-hybridized carbons (Fsp3) is 0.700. The summed E-state index contributed by atoms with van der Waals surface area (Å²) >= 11 is 0. The Hall–Kier alpha value is -0.910. The molecular weight excluding hydrogens is 196 g/mol. The van der Waals surface area contributed by atoms with Crippen LogP contribution in [-0.2, 0) is 4.79 Å². The lowest BCUT2D eigenvalue weighted by Crippen LogP contribution is -2.37. The van der Waals surface area contributed by atoms with Crippen LogP contribution < -0.4 is 5.32 Å². The number of aliphatic hydroxyl groups is 2. The second kappa shape index (κ2) is 8.40. The summed E-state index contributed by atoms with van der Waals surface area (Å²) in [7, 11) is 0. The van der Waals surface area contributed by atoms with Crippen molar-refractivity contribution in [2.24, 2.45) is 0 Å². The largest absolute Gasteiger partial charge is 0.395 e. The highest BCUT2D eigenvalue weighted by atomic mass is 16.3. The number of hydrogen-bond acceptors (Lipinski definition) is 4. The van der Waals surface area contributed by atoms with E-state index in [0.29, 0.717) is 31.8 Å². The molecule has 0 unspecified atom stereocenters. The first-order valence-electron chi connectivity index (χ1n) is 4.99. The summed E-state index contributed by atoms with van der Waals surface area (Å²) < 4.78 is 0. The Morgan fingerprint density at radius 1 is 1.27 bits per heavy atom. The summed E-state index contributed by atoms with van der Waals surface area (Å²) in [5, 5.41) is 20.2. The van der Waals surface area contributed by atoms with E-state index >= 15 is 0 Å². The average molecular weight is 216 g/mol. The molecule has 0 atom stereocenters. The lowest BCUT2D eigenvalue weighted by Gasteiger charge is -2.20. The Morgan fingerprint density at radius 2 is 1.80 bits per heavy atom. The number of carbonyl (C=O) groups is 1. The van der Waals surface area contributed by atoms with Crippen molar-refractivity contribution in [3.63, 3.8) is 0 Å². The van der Waals surface area contributed by atoms with E-state index in [1.165, 1.54) is 0 Å². The van der Waals surface area contributed by atoms with Crippen LogP contribution in [0.15, 0.2) is 12.2 Å². The van der Waals surface area contributed by atoms with E-state index in [1.54, 1.807) is 6.92 Å². The number of aliphatic hydroxyl groups excluding tert-OH is 2. The third-order valence-corrected chi connectivity index (χ3v) is 1.93. The van der Waals surface area contributed by atoms with E-state index < -0.39 is 0 Å². The highest BCUT2D eigenvalue weighted by molar-refractivity contribution is 5.92. The van der Waals surface area contributed by atoms with E-state index in [2.05, 4.69) is 11.9 Å². The van der Waals surface area contributed by atoms with Crippen LogP contribution in [0.4, 0.5) is 0 Å². The predicted molar refractivity (Wildman–Crippen MR) is 58.4 cm³/mol. The van der Waals surface area contributed by atoms with Crippen molar-refractivity contribution in [2.75, 3.05) is 39.4 Å². The molecule has 0 bridgehead atoms. The Labute approximate surface area is 90.4 Å². The second-order valence-corrected chi connectivity index (χ2v) is 3.33. The van der Waals surface area contributed by atoms with Gasteiger partial charge in [0.1, 0.15) is 0 Å². The SMILES string of the molecule is C=C(C)C(=O)NCCN(CCO)CCO. The number of hydrogen-bond donors (Lipinski definition) is 3. The van der Waals surface area contributed by atoms with Gasteiger partial charge < -0.3 is 15.5 Å². The van der Waals surface area contributed by atoms with Crippen molar-refractivity contribution < 1.29 is 15.0 Å². The molecule has 88 valence electrons. The van der Waals surface area contributed by atoms with Crippen molar-refractivity contribution >= 4 is 5.91 Å². The van der Waals surface area contributed by atoms with E-state index in [-0.39, 0.29) is 19.1 Å². The van der Waals surface area contributed by atoms with Gasteiger partial charge in [-0.15, -0.1) is 0 Å². The standard InChI is InChI=1S/C10H20N2O3/c1-9(2)10(15)11-3-4-12(5-7-13)6-8-14/h13-14H,1,3-8H2,2H3,(H,11,15). The summed E-state index contributed by atoms with van der Waals surface area (Å²) in [5.41, 5.74) is 0.478. The molecule has 1 amide bonds. The van der Waals surface area contributed by atoms with Crippen LogP contribution in [0.25, 0.3) is 0 Å². The highest BCUT2D eigenvalue weighted by Gasteiger charge is 2.04. The molecule has 15 heavy (non-hydrogen) atoms. The molecule has 0 heterocycles. The van der Waals surface area contributed by atoms with Gasteiger partial charge in [-0.1, -0.05) is 6.58 Å². The van der Waals surface area contributed by atoms with Crippen LogP contribution >= 0.6 is 0 Å². The summed E-state index contributed by atoms with van der Waals surface area (Å²) in [4.78, 5) is 13.0. The average Bonchev–Trinajstić information content (AvgIpc) is 2.18. The maximum Gasteiger partial charge on any atom is 0.246 e. The van der Waals surface area contributed by atoms with Gasteiger partial charge in [0.05, 0.1) is 13.2 Å². The van der Waals surface area contributed by atoms with Crippen LogP contribution in [0.3, 0.4) is 0 Å². The molecule has 5 nitrogen and oxygen atoms in total. The van der Waals surface area contributed by atoms with Gasteiger partial charge in [0.2, 0.25) is 5.91 Å². The molecule has 0 aromatic carbocycles. The minimum absolute atomic E-state index is 0.0500. The van der Waals surface area contributed by atoms with E-state index in [9.17, 15) is 4.79 Å². The third-order valence-electron chi connectivity index (χ3n) is 1.93. The second-order valence-electron chi connectivity index (χ2n) is 3.33. The zero-order chi connectivity index (χ0) is 11.7. The Bertz CT molecular complexity index is 201. The monoisotopic (exact) mass is 216 g/mol. The minimum atomic E-state index is -0.164. The summed E-state index contributed by atoms with van der Waals surface area (Å²) in [6, 6.07) is 0. The first kappa shape index (κ1) is 14.1. The molecule has 0 aliphatic heterocycles. The smallest absolute Gasteiger partial charge is 0.246 e. The van der Waals surface area contributed by atoms with Crippen molar-refractivity contribution in [1.82, 2.24) is 10.2 Å². The van der Waals surface area contributed by atoms with Gasteiger partial charge in [-0.25, -0.2) is 0 Å². The molecule has 0 aliphatic rings. The first-order valence-corrected chi connectivity index (χ1v) is 4.99. The minimum Gasteiger partial charge on any atom is -0.395 e. The molecule has 3 N–H and O–H groups in total. The Kier molecular flexibility index (Phi) is 7.89. The van der Waals surface area contributed by atoms with Crippen LogP contribution in [0.1, 0.15) is 6.92 Å². The van der Waals surface area contributed by atoms with Crippen LogP contribution in [0.2, 0.25) is 0 Å². The molecule has 5 heteroatoms. The zero-order valence-corrected chi connectivity index (χ0v) is 9.20. The Balaban J connectivity index is 3.69. The van der Waals surface area contributed by atoms with Crippen molar-refractivity contribution in [3.8, 4) is 0 Å². The Morgan fingerprint density at radius 3 is 2.20 bits per heavy atom. The lowest BCUT2D eigenvalue weighted by atomic mass is 10.3. The molecule has 0 aromatic heterocycles. The van der Waals surface area contributed by atoms with Crippen molar-refractivity contribution in [1.29, 1.82) is 0 Å². The quantitative estimate of drug-likeness (QED) is 0.453. The number of nitrogens with zero attached hydrogens (tertiary/aromatic N) is 1. The number of amides is 1. The van der Waals surface area contributed by atoms with Crippen molar-refractivity contribution in [2.45, 2.75) is 6.92 Å². The number of nitrogens with one attached hydrogen (secondary N) is 1. The van der Waals surface area contributed by atoms with Gasteiger partial charge in [-0.3, -0.25) is 9.69 Å². The van der Waals surface area contributed by atoms with Gasteiger partial charge in [0.15, 0.2) is 0 Å². The fourth-order valence-corrected chi connectivity index (χ4v) is 1.10. The van der Waals surface area contributed by atoms with Crippen molar-refractivity contribution in [3.05, 3.63) is 12.2 Å². The third kappa shape index (κ3) is 7.07. The van der Waals surface area contributed by atoms with Gasteiger partial charge in [-0.05, 0) is 6.92 Å². The summed E-state index contributed by atoms with van der Waals surface area (Å²) in [5.74, 6) is -0.164. The molecule has 0 rings (SSSR count). The highest BCUT2D eigenvalue weighted by Crippen LogP contribution is 1.88. The van der Waals surface area contributed by atoms with E-state index in [1.807, 2.05) is 4.90 Å². The molecule has 0 saturated carbocycles. The zero-order valence-electron chi connectivity index (χ0n) is 9.20. The molecule has 0 saturated heterocycles. The normalized spacial score (nSPS) is 10.4. The van der Waals surface area contributed by atoms with Gasteiger partial charge in [-0.2, -0.15) is 0 Å².